The van der Waals surface area contributed by atoms with E-state index in [1.54, 1.807) is 12.6 Å². The number of nitrogens with zero attached hydrogens (tertiary/aromatic N) is 1. The van der Waals surface area contributed by atoms with Gasteiger partial charge in [-0.2, -0.15) is 0 Å². The van der Waals surface area contributed by atoms with Gasteiger partial charge in [0.25, 0.3) is 0 Å². The number of furan rings is 1. The minimum Gasteiger partial charge on any atom is -0.465 e. The third-order valence-electron chi connectivity index (χ3n) is 2.45. The van der Waals surface area contributed by atoms with E-state index in [2.05, 4.69) is 22.8 Å². The fraction of sp³-hybridized carbons (Fsp3) is 0.500. The molecule has 0 aromatic carbocycles. The molecular weight excluding hydrogens is 178 g/mol. The van der Waals surface area contributed by atoms with Gasteiger partial charge >= 0.3 is 0 Å². The molecule has 1 aliphatic heterocycles. The van der Waals surface area contributed by atoms with Crippen LogP contribution in [0.5, 0.6) is 0 Å². The first-order valence-corrected chi connectivity index (χ1v) is 4.98. The first kappa shape index (κ1) is 9.27. The Labute approximate surface area is 83.4 Å². The molecule has 2 N–H and O–H groups in total. The lowest BCUT2D eigenvalue weighted by Crippen LogP contribution is -2.41. The number of nitrogens with one attached hydrogen (secondary N) is 2. The van der Waals surface area contributed by atoms with E-state index in [9.17, 15) is 0 Å². The second kappa shape index (κ2) is 3.84. The lowest BCUT2D eigenvalue weighted by atomic mass is 10.0. The summed E-state index contributed by atoms with van der Waals surface area (Å²) in [5.41, 5.74) is 5.66. The van der Waals surface area contributed by atoms with Crippen LogP contribution in [0.25, 0.3) is 0 Å². The summed E-state index contributed by atoms with van der Waals surface area (Å²) in [6.45, 7) is 2.17. The van der Waals surface area contributed by atoms with Crippen LogP contribution >= 0.6 is 0 Å². The maximum absolute atomic E-state index is 5.40. The molecule has 76 valence electrons. The summed E-state index contributed by atoms with van der Waals surface area (Å²) in [4.78, 5) is 4.41. The Balaban J connectivity index is 2.18. The lowest BCUT2D eigenvalue weighted by Gasteiger charge is -2.23. The minimum atomic E-state index is -0.389. The Morgan fingerprint density at radius 3 is 3.07 bits per heavy atom. The maximum atomic E-state index is 5.40. The van der Waals surface area contributed by atoms with Gasteiger partial charge in [-0.3, -0.25) is 0 Å². The molecule has 1 aromatic heterocycles. The summed E-state index contributed by atoms with van der Waals surface area (Å²) in [6.07, 6.45) is 6.57. The molecule has 1 unspecified atom stereocenters. The molecule has 1 aromatic rings. The molecule has 0 saturated heterocycles. The van der Waals surface area contributed by atoms with Crippen molar-refractivity contribution in [1.82, 2.24) is 10.9 Å². The molecule has 0 radical (unpaired) electrons. The summed E-state index contributed by atoms with van der Waals surface area (Å²) in [5.74, 6) is 0.868. The summed E-state index contributed by atoms with van der Waals surface area (Å²) < 4.78 is 5.40. The van der Waals surface area contributed by atoms with Crippen molar-refractivity contribution in [3.63, 3.8) is 0 Å². The summed E-state index contributed by atoms with van der Waals surface area (Å²) >= 11 is 0. The quantitative estimate of drug-likeness (QED) is 0.766. The fourth-order valence-electron chi connectivity index (χ4n) is 1.65. The molecule has 0 fully saturated rings. The van der Waals surface area contributed by atoms with Crippen LogP contribution in [0.1, 0.15) is 31.9 Å². The van der Waals surface area contributed by atoms with Crippen molar-refractivity contribution in [2.45, 2.75) is 31.8 Å². The Morgan fingerprint density at radius 2 is 2.50 bits per heavy atom. The number of hydrogen-bond acceptors (Lipinski definition) is 4. The van der Waals surface area contributed by atoms with Gasteiger partial charge in [-0.05, 0) is 25.0 Å². The van der Waals surface area contributed by atoms with Gasteiger partial charge in [0.2, 0.25) is 0 Å². The Morgan fingerprint density at radius 1 is 1.57 bits per heavy atom. The SMILES string of the molecule is CCCCC1(c2ccco2)N=CNN1. The number of rotatable bonds is 4. The fourth-order valence-corrected chi connectivity index (χ4v) is 1.65. The summed E-state index contributed by atoms with van der Waals surface area (Å²) in [6, 6.07) is 3.84. The van der Waals surface area contributed by atoms with Gasteiger partial charge in [0.15, 0.2) is 5.66 Å². The third-order valence-corrected chi connectivity index (χ3v) is 2.45. The molecule has 0 spiro atoms. The molecule has 2 heterocycles. The average Bonchev–Trinajstić information content (AvgIpc) is 2.86. The highest BCUT2D eigenvalue weighted by Crippen LogP contribution is 2.29. The molecule has 4 nitrogen and oxygen atoms in total. The van der Waals surface area contributed by atoms with E-state index in [1.807, 2.05) is 12.1 Å². The van der Waals surface area contributed by atoms with Gasteiger partial charge in [0.1, 0.15) is 5.76 Å². The molecule has 0 aliphatic carbocycles. The van der Waals surface area contributed by atoms with Crippen LogP contribution in [0.3, 0.4) is 0 Å². The highest BCUT2D eigenvalue weighted by atomic mass is 16.3. The predicted octanol–water partition coefficient (Wildman–Crippen LogP) is 1.76. The molecule has 2 rings (SSSR count). The van der Waals surface area contributed by atoms with Gasteiger partial charge in [-0.15, -0.1) is 0 Å². The van der Waals surface area contributed by atoms with Crippen molar-refractivity contribution in [2.75, 3.05) is 0 Å². The van der Waals surface area contributed by atoms with E-state index < -0.39 is 0 Å². The Bertz CT molecular complexity index is 307. The van der Waals surface area contributed by atoms with Gasteiger partial charge in [0.05, 0.1) is 12.6 Å². The summed E-state index contributed by atoms with van der Waals surface area (Å²) in [5, 5.41) is 0. The van der Waals surface area contributed by atoms with Gasteiger partial charge in [-0.25, -0.2) is 10.4 Å². The van der Waals surface area contributed by atoms with E-state index in [0.29, 0.717) is 0 Å². The zero-order valence-electron chi connectivity index (χ0n) is 8.29. The van der Waals surface area contributed by atoms with Crippen LogP contribution in [0.15, 0.2) is 27.8 Å². The van der Waals surface area contributed by atoms with E-state index in [4.69, 9.17) is 4.42 Å². The minimum absolute atomic E-state index is 0.389. The molecule has 14 heavy (non-hydrogen) atoms. The van der Waals surface area contributed by atoms with Crippen LogP contribution in [0.4, 0.5) is 0 Å². The predicted molar refractivity (Wildman–Crippen MR) is 54.7 cm³/mol. The molecular formula is C10H15N3O. The van der Waals surface area contributed by atoms with Crippen LogP contribution in [0.2, 0.25) is 0 Å². The molecule has 0 saturated carbocycles. The van der Waals surface area contributed by atoms with Crippen LogP contribution < -0.4 is 10.9 Å². The van der Waals surface area contributed by atoms with Crippen molar-refractivity contribution in [1.29, 1.82) is 0 Å². The van der Waals surface area contributed by atoms with Crippen LogP contribution in [0, 0.1) is 0 Å². The highest BCUT2D eigenvalue weighted by Gasteiger charge is 2.35. The standard InChI is InChI=1S/C10H15N3O/c1-2-3-6-10(11-8-12-13-10)9-5-4-7-14-9/h4-5,7-8,13H,2-3,6H2,1H3,(H,11,12). The molecule has 1 atom stereocenters. The topological polar surface area (TPSA) is 49.6 Å². The second-order valence-corrected chi connectivity index (χ2v) is 3.47. The van der Waals surface area contributed by atoms with Gasteiger partial charge in [-0.1, -0.05) is 13.3 Å². The van der Waals surface area contributed by atoms with Crippen molar-refractivity contribution in [3.8, 4) is 0 Å². The molecule has 0 amide bonds. The van der Waals surface area contributed by atoms with E-state index >= 15 is 0 Å². The zero-order valence-corrected chi connectivity index (χ0v) is 8.29. The number of aliphatic imine (C=N–C) groups is 1. The molecule has 0 bridgehead atoms. The van der Waals surface area contributed by atoms with Gasteiger partial charge in [0, 0.05) is 0 Å². The Hall–Kier alpha value is -1.29. The van der Waals surface area contributed by atoms with Crippen molar-refractivity contribution in [3.05, 3.63) is 24.2 Å². The van der Waals surface area contributed by atoms with E-state index in [1.165, 1.54) is 0 Å². The normalized spacial score (nSPS) is 25.2. The first-order chi connectivity index (χ1) is 6.87. The van der Waals surface area contributed by atoms with Crippen molar-refractivity contribution < 1.29 is 4.42 Å². The first-order valence-electron chi connectivity index (χ1n) is 4.98. The van der Waals surface area contributed by atoms with Crippen molar-refractivity contribution in [2.24, 2.45) is 4.99 Å². The smallest absolute Gasteiger partial charge is 0.186 e. The number of unbranched alkanes of at least 4 members (excludes halogenated alkanes) is 1. The maximum Gasteiger partial charge on any atom is 0.186 e. The van der Waals surface area contributed by atoms with E-state index in [0.717, 1.165) is 25.0 Å². The second-order valence-electron chi connectivity index (χ2n) is 3.47. The van der Waals surface area contributed by atoms with Crippen molar-refractivity contribution >= 4 is 6.34 Å². The van der Waals surface area contributed by atoms with Gasteiger partial charge < -0.3 is 9.84 Å². The monoisotopic (exact) mass is 193 g/mol. The van der Waals surface area contributed by atoms with Crippen LogP contribution in [-0.2, 0) is 5.66 Å². The molecule has 4 heteroatoms. The molecule has 1 aliphatic rings. The Kier molecular flexibility index (Phi) is 2.54. The average molecular weight is 193 g/mol. The lowest BCUT2D eigenvalue weighted by molar-refractivity contribution is 0.264. The number of hydrazine groups is 1. The summed E-state index contributed by atoms with van der Waals surface area (Å²) in [7, 11) is 0. The van der Waals surface area contributed by atoms with E-state index in [-0.39, 0.29) is 5.66 Å². The third kappa shape index (κ3) is 1.53. The number of hydrogen-bond donors (Lipinski definition) is 2. The zero-order chi connectivity index (χ0) is 9.86. The highest BCUT2D eigenvalue weighted by molar-refractivity contribution is 5.57. The van der Waals surface area contributed by atoms with Crippen LogP contribution in [-0.4, -0.2) is 6.34 Å². The largest absolute Gasteiger partial charge is 0.465 e.